The number of Topliss-reactive ketones (excluding diaryl/α,β-unsaturated/α-hetero) is 1. The zero-order chi connectivity index (χ0) is 15.7. The van der Waals surface area contributed by atoms with Crippen LogP contribution in [-0.2, 0) is 4.79 Å². The Labute approximate surface area is 136 Å². The van der Waals surface area contributed by atoms with E-state index in [1.54, 1.807) is 0 Å². The Morgan fingerprint density at radius 2 is 1.64 bits per heavy atom. The minimum Gasteiger partial charge on any atom is -0.299 e. The maximum atomic E-state index is 13.1. The van der Waals surface area contributed by atoms with Crippen LogP contribution in [-0.4, -0.2) is 5.78 Å². The van der Waals surface area contributed by atoms with Crippen molar-refractivity contribution in [2.45, 2.75) is 79.1 Å². The van der Waals surface area contributed by atoms with Crippen LogP contribution in [0.3, 0.4) is 0 Å². The standard InChI is InChI=1S/C21H34O/c1-13-5-7-17-15-9-10-20(3)14(2)6-8-18(20)16(15)11-19(22)21(17,4)12-13/h13-18H,5-12H2,1-4H3/t13?,14?,15?,16?,17?,18?,20-,21-/m1/s1. The molecule has 8 atom stereocenters. The number of carbonyl (C=O) groups excluding carboxylic acids is 1. The second kappa shape index (κ2) is 4.84. The summed E-state index contributed by atoms with van der Waals surface area (Å²) in [5.74, 6) is 5.38. The van der Waals surface area contributed by atoms with Crippen LogP contribution in [0.1, 0.15) is 79.1 Å². The van der Waals surface area contributed by atoms with E-state index in [9.17, 15) is 4.79 Å². The van der Waals surface area contributed by atoms with Crippen LogP contribution in [0.4, 0.5) is 0 Å². The van der Waals surface area contributed by atoms with Gasteiger partial charge in [0.2, 0.25) is 0 Å². The van der Waals surface area contributed by atoms with Crippen LogP contribution in [0.15, 0.2) is 0 Å². The Bertz CT molecular complexity index is 482. The fourth-order valence-electron chi connectivity index (χ4n) is 7.59. The van der Waals surface area contributed by atoms with Crippen molar-refractivity contribution in [1.29, 1.82) is 0 Å². The molecule has 6 unspecified atom stereocenters. The van der Waals surface area contributed by atoms with E-state index < -0.39 is 0 Å². The van der Waals surface area contributed by atoms with Gasteiger partial charge in [0.1, 0.15) is 5.78 Å². The zero-order valence-corrected chi connectivity index (χ0v) is 15.0. The maximum Gasteiger partial charge on any atom is 0.139 e. The first-order valence-electron chi connectivity index (χ1n) is 9.89. The minimum atomic E-state index is 0.0246. The van der Waals surface area contributed by atoms with Crippen molar-refractivity contribution in [3.63, 3.8) is 0 Å². The van der Waals surface area contributed by atoms with Gasteiger partial charge in [0.25, 0.3) is 0 Å². The smallest absolute Gasteiger partial charge is 0.139 e. The van der Waals surface area contributed by atoms with E-state index >= 15 is 0 Å². The molecule has 0 radical (unpaired) electrons. The summed E-state index contributed by atoms with van der Waals surface area (Å²) < 4.78 is 0. The van der Waals surface area contributed by atoms with Crippen LogP contribution >= 0.6 is 0 Å². The molecule has 124 valence electrons. The van der Waals surface area contributed by atoms with Crippen molar-refractivity contribution in [2.24, 2.45) is 46.3 Å². The normalized spacial score (nSPS) is 57.9. The average Bonchev–Trinajstić information content (AvgIpc) is 2.76. The van der Waals surface area contributed by atoms with Gasteiger partial charge in [-0.05, 0) is 79.4 Å². The van der Waals surface area contributed by atoms with Gasteiger partial charge in [-0.3, -0.25) is 4.79 Å². The molecule has 1 heteroatoms. The Hall–Kier alpha value is -0.330. The lowest BCUT2D eigenvalue weighted by atomic mass is 9.45. The molecule has 0 aromatic rings. The van der Waals surface area contributed by atoms with Gasteiger partial charge in [-0.25, -0.2) is 0 Å². The lowest BCUT2D eigenvalue weighted by Gasteiger charge is -2.58. The molecule has 0 bridgehead atoms. The highest BCUT2D eigenvalue weighted by atomic mass is 16.1. The molecule has 0 saturated heterocycles. The fraction of sp³-hybridized carbons (Fsp3) is 0.952. The molecule has 4 aliphatic carbocycles. The summed E-state index contributed by atoms with van der Waals surface area (Å²) >= 11 is 0. The molecule has 0 spiro atoms. The van der Waals surface area contributed by atoms with Crippen LogP contribution in [0.25, 0.3) is 0 Å². The highest BCUT2D eigenvalue weighted by Gasteiger charge is 2.60. The predicted octanol–water partition coefficient (Wildman–Crippen LogP) is 5.48. The maximum absolute atomic E-state index is 13.1. The van der Waals surface area contributed by atoms with Gasteiger partial charge in [0.15, 0.2) is 0 Å². The highest BCUT2D eigenvalue weighted by Crippen LogP contribution is 2.65. The summed E-state index contributed by atoms with van der Waals surface area (Å²) in [6.07, 6.45) is 10.4. The summed E-state index contributed by atoms with van der Waals surface area (Å²) in [4.78, 5) is 13.1. The lowest BCUT2D eigenvalue weighted by molar-refractivity contribution is -0.155. The van der Waals surface area contributed by atoms with Crippen LogP contribution < -0.4 is 0 Å². The van der Waals surface area contributed by atoms with Gasteiger partial charge in [-0.2, -0.15) is 0 Å². The van der Waals surface area contributed by atoms with Crippen molar-refractivity contribution in [2.75, 3.05) is 0 Å². The van der Waals surface area contributed by atoms with E-state index in [2.05, 4.69) is 27.7 Å². The molecule has 0 aliphatic heterocycles. The molecular weight excluding hydrogens is 268 g/mol. The number of hydrogen-bond acceptors (Lipinski definition) is 1. The molecule has 4 saturated carbocycles. The van der Waals surface area contributed by atoms with Crippen molar-refractivity contribution in [3.8, 4) is 0 Å². The molecule has 1 nitrogen and oxygen atoms in total. The van der Waals surface area contributed by atoms with Gasteiger partial charge in [-0.1, -0.05) is 34.1 Å². The van der Waals surface area contributed by atoms with Gasteiger partial charge in [0, 0.05) is 11.8 Å². The molecule has 0 N–H and O–H groups in total. The van der Waals surface area contributed by atoms with E-state index in [0.717, 1.165) is 42.4 Å². The van der Waals surface area contributed by atoms with Crippen molar-refractivity contribution >= 4 is 5.78 Å². The van der Waals surface area contributed by atoms with Gasteiger partial charge in [-0.15, -0.1) is 0 Å². The van der Waals surface area contributed by atoms with Crippen LogP contribution in [0.2, 0.25) is 0 Å². The summed E-state index contributed by atoms with van der Waals surface area (Å²) in [6.45, 7) is 9.71. The molecule has 0 aromatic carbocycles. The minimum absolute atomic E-state index is 0.0246. The van der Waals surface area contributed by atoms with Gasteiger partial charge in [0.05, 0.1) is 0 Å². The van der Waals surface area contributed by atoms with Crippen molar-refractivity contribution in [3.05, 3.63) is 0 Å². The SMILES string of the molecule is CC1CCC2C3CC[C@]4(C)C(C)CCC4C3CC(=O)[C@]2(C)C1. The zero-order valence-electron chi connectivity index (χ0n) is 15.0. The van der Waals surface area contributed by atoms with E-state index in [1.165, 1.54) is 38.5 Å². The van der Waals surface area contributed by atoms with E-state index in [-0.39, 0.29) is 5.41 Å². The third-order valence-corrected chi connectivity index (χ3v) is 9.10. The Morgan fingerprint density at radius 3 is 2.41 bits per heavy atom. The molecule has 22 heavy (non-hydrogen) atoms. The number of rotatable bonds is 0. The van der Waals surface area contributed by atoms with Crippen LogP contribution in [0.5, 0.6) is 0 Å². The number of hydrogen-bond donors (Lipinski definition) is 0. The predicted molar refractivity (Wildman–Crippen MR) is 90.4 cm³/mol. The Balaban J connectivity index is 1.66. The molecule has 0 heterocycles. The first-order chi connectivity index (χ1) is 10.4. The summed E-state index contributed by atoms with van der Waals surface area (Å²) in [6, 6.07) is 0. The first kappa shape index (κ1) is 15.2. The number of carbonyl (C=O) groups is 1. The third kappa shape index (κ3) is 1.86. The summed E-state index contributed by atoms with van der Waals surface area (Å²) in [7, 11) is 0. The molecule has 4 rings (SSSR count). The number of ketones is 1. The monoisotopic (exact) mass is 302 g/mol. The highest BCUT2D eigenvalue weighted by molar-refractivity contribution is 5.86. The third-order valence-electron chi connectivity index (χ3n) is 9.10. The fourth-order valence-corrected chi connectivity index (χ4v) is 7.59. The van der Waals surface area contributed by atoms with E-state index in [4.69, 9.17) is 0 Å². The largest absolute Gasteiger partial charge is 0.299 e. The quantitative estimate of drug-likeness (QED) is 0.579. The number of fused-ring (bicyclic) bond motifs is 5. The van der Waals surface area contributed by atoms with Crippen molar-refractivity contribution in [1.82, 2.24) is 0 Å². The summed E-state index contributed by atoms with van der Waals surface area (Å²) in [5.41, 5.74) is 0.563. The molecule has 4 aliphatic rings. The van der Waals surface area contributed by atoms with E-state index in [1.807, 2.05) is 0 Å². The topological polar surface area (TPSA) is 17.1 Å². The Kier molecular flexibility index (Phi) is 3.34. The van der Waals surface area contributed by atoms with Gasteiger partial charge < -0.3 is 0 Å². The molecule has 0 aromatic heterocycles. The second-order valence-electron chi connectivity index (χ2n) is 10.00. The Morgan fingerprint density at radius 1 is 0.909 bits per heavy atom. The second-order valence-corrected chi connectivity index (χ2v) is 10.00. The van der Waals surface area contributed by atoms with Crippen LogP contribution in [0, 0.1) is 46.3 Å². The summed E-state index contributed by atoms with van der Waals surface area (Å²) in [5, 5.41) is 0. The molecule has 4 fully saturated rings. The lowest BCUT2D eigenvalue weighted by Crippen LogP contribution is -2.55. The molecular formula is C21H34O. The van der Waals surface area contributed by atoms with Crippen molar-refractivity contribution < 1.29 is 4.79 Å². The first-order valence-corrected chi connectivity index (χ1v) is 9.89. The molecule has 0 amide bonds. The van der Waals surface area contributed by atoms with E-state index in [0.29, 0.717) is 17.1 Å². The van der Waals surface area contributed by atoms with Gasteiger partial charge >= 0.3 is 0 Å². The average molecular weight is 303 g/mol.